The van der Waals surface area contributed by atoms with Gasteiger partial charge in [-0.15, -0.1) is 0 Å². The van der Waals surface area contributed by atoms with Crippen molar-refractivity contribution in [3.8, 4) is 5.69 Å². The number of aliphatic hydroxyl groups excluding tert-OH is 1. The number of aliphatic hydroxyl groups is 1. The number of carboxylic acid groups (broad SMARTS) is 1. The number of fused-ring (bicyclic) bond motifs is 1. The standard InChI is InChI=1S/C46H66IN7O6/c1-32-22-33(2)54(51-32)40-24-35(10-5-3-6-12-43(56)48-19-8-4-7-13-44(57)53-30-42(55)27-41(53)31-60-47)23-37(25-40)38(26-45(58)59)29-52-21-18-34(28-52)14-16-39-17-15-36-11-9-20-49-46(36)50-39/h15,17,22-25,34,38,41-42,55H,3-14,16,18-21,26-31H2,1-2H3,(H,48,56)(H,49,50)(H,58,59)/t34-,38-,41+,42-/m1/s1. The molecular weight excluding hydrogens is 873 g/mol. The van der Waals surface area contributed by atoms with Crippen molar-refractivity contribution in [1.82, 2.24) is 29.9 Å². The maximum Gasteiger partial charge on any atom is 0.304 e. The van der Waals surface area contributed by atoms with Crippen LogP contribution >= 0.6 is 23.0 Å². The molecule has 3 aromatic rings. The molecule has 4 N–H and O–H groups in total. The van der Waals surface area contributed by atoms with Gasteiger partial charge < -0.3 is 33.7 Å². The molecule has 1 aromatic carbocycles. The first-order chi connectivity index (χ1) is 29.0. The number of hydrogen-bond donors (Lipinski definition) is 4. The van der Waals surface area contributed by atoms with E-state index >= 15 is 0 Å². The number of aromatic nitrogens is 3. The summed E-state index contributed by atoms with van der Waals surface area (Å²) in [5, 5.41) is 31.3. The van der Waals surface area contributed by atoms with Gasteiger partial charge in [0.25, 0.3) is 0 Å². The Morgan fingerprint density at radius 1 is 1.02 bits per heavy atom. The Kier molecular flexibility index (Phi) is 17.6. The summed E-state index contributed by atoms with van der Waals surface area (Å²) >= 11 is 1.83. The van der Waals surface area contributed by atoms with Crippen molar-refractivity contribution in [3.05, 3.63) is 70.2 Å². The number of benzene rings is 1. The molecule has 3 aliphatic heterocycles. The van der Waals surface area contributed by atoms with Crippen LogP contribution in [0.25, 0.3) is 5.69 Å². The summed E-state index contributed by atoms with van der Waals surface area (Å²) in [5.74, 6) is 0.792. The number of amides is 2. The van der Waals surface area contributed by atoms with Crippen molar-refractivity contribution in [2.45, 2.75) is 135 Å². The average Bonchev–Trinajstić information content (AvgIpc) is 3.94. The van der Waals surface area contributed by atoms with Gasteiger partial charge in [-0.25, -0.2) is 9.67 Å². The molecule has 2 saturated heterocycles. The number of carbonyl (C=O) groups is 3. The molecule has 0 unspecified atom stereocenters. The Hall–Kier alpha value is -3.60. The van der Waals surface area contributed by atoms with E-state index in [1.807, 2.05) is 41.5 Å². The Balaban J connectivity index is 0.959. The van der Waals surface area contributed by atoms with E-state index in [0.717, 1.165) is 136 Å². The van der Waals surface area contributed by atoms with Gasteiger partial charge in [-0.1, -0.05) is 25.0 Å². The van der Waals surface area contributed by atoms with Gasteiger partial charge in [0.1, 0.15) is 28.8 Å². The Morgan fingerprint density at radius 3 is 2.65 bits per heavy atom. The number of nitrogens with one attached hydrogen (secondary N) is 2. The Morgan fingerprint density at radius 2 is 1.85 bits per heavy atom. The second kappa shape index (κ2) is 23.0. The van der Waals surface area contributed by atoms with Crippen LogP contribution in [0.5, 0.6) is 0 Å². The highest BCUT2D eigenvalue weighted by Crippen LogP contribution is 2.31. The van der Waals surface area contributed by atoms with Crippen molar-refractivity contribution >= 4 is 46.6 Å². The number of carboxylic acids is 1. The zero-order valence-electron chi connectivity index (χ0n) is 35.7. The van der Waals surface area contributed by atoms with E-state index in [9.17, 15) is 24.6 Å². The van der Waals surface area contributed by atoms with Gasteiger partial charge in [0.15, 0.2) is 0 Å². The van der Waals surface area contributed by atoms with Crippen molar-refractivity contribution < 1.29 is 27.7 Å². The van der Waals surface area contributed by atoms with E-state index < -0.39 is 12.1 Å². The van der Waals surface area contributed by atoms with Gasteiger partial charge in [-0.2, -0.15) is 5.10 Å². The number of β-amino-alcohol motifs (C(OH)–C–C–N with tert-alkyl or cyclic N) is 1. The number of halogens is 1. The van der Waals surface area contributed by atoms with E-state index in [1.54, 1.807) is 4.90 Å². The number of pyridine rings is 1. The van der Waals surface area contributed by atoms with Crippen LogP contribution in [0, 0.1) is 19.8 Å². The van der Waals surface area contributed by atoms with Crippen LogP contribution in [0.4, 0.5) is 5.82 Å². The fraction of sp³-hybridized carbons (Fsp3) is 0.630. The van der Waals surface area contributed by atoms with Crippen LogP contribution in [0.3, 0.4) is 0 Å². The molecule has 0 spiro atoms. The first-order valence-corrected chi connectivity index (χ1v) is 23.2. The Bertz CT molecular complexity index is 1890. The molecule has 0 radical (unpaired) electrons. The second-order valence-electron chi connectivity index (χ2n) is 17.4. The predicted molar refractivity (Wildman–Crippen MR) is 242 cm³/mol. The number of carbonyl (C=O) groups excluding carboxylic acids is 2. The smallest absolute Gasteiger partial charge is 0.304 e. The first kappa shape index (κ1) is 45.9. The molecule has 5 heterocycles. The van der Waals surface area contributed by atoms with Gasteiger partial charge in [0, 0.05) is 62.9 Å². The minimum Gasteiger partial charge on any atom is -0.481 e. The molecule has 0 bridgehead atoms. The molecular formula is C46H66IN7O6. The van der Waals surface area contributed by atoms with Gasteiger partial charge in [-0.3, -0.25) is 14.4 Å². The zero-order valence-corrected chi connectivity index (χ0v) is 37.8. The van der Waals surface area contributed by atoms with Crippen LogP contribution in [0.2, 0.25) is 0 Å². The number of aryl methyl sites for hydroxylation is 5. The number of likely N-dealkylation sites (tertiary alicyclic amines) is 2. The summed E-state index contributed by atoms with van der Waals surface area (Å²) in [4.78, 5) is 46.7. The second-order valence-corrected chi connectivity index (χ2v) is 18.1. The van der Waals surface area contributed by atoms with Gasteiger partial charge in [-0.05, 0) is 138 Å². The molecule has 2 amide bonds. The lowest BCUT2D eigenvalue weighted by molar-refractivity contribution is -0.137. The van der Waals surface area contributed by atoms with Gasteiger partial charge >= 0.3 is 5.97 Å². The van der Waals surface area contributed by atoms with Crippen molar-refractivity contribution in [3.63, 3.8) is 0 Å². The summed E-state index contributed by atoms with van der Waals surface area (Å²) in [6.07, 6.45) is 12.4. The van der Waals surface area contributed by atoms with Crippen molar-refractivity contribution in [1.29, 1.82) is 0 Å². The fourth-order valence-corrected chi connectivity index (χ4v) is 9.75. The number of unbranched alkanes of at least 4 members (excludes halogenated alkanes) is 4. The lowest BCUT2D eigenvalue weighted by atomic mass is 9.91. The summed E-state index contributed by atoms with van der Waals surface area (Å²) in [5.41, 5.74) is 7.60. The minimum absolute atomic E-state index is 0.0563. The number of rotatable bonds is 23. The third-order valence-electron chi connectivity index (χ3n) is 12.5. The maximum absolute atomic E-state index is 12.7. The van der Waals surface area contributed by atoms with Crippen LogP contribution in [0.15, 0.2) is 36.4 Å². The zero-order chi connectivity index (χ0) is 42.4. The molecule has 6 rings (SSSR count). The molecule has 328 valence electrons. The lowest BCUT2D eigenvalue weighted by Gasteiger charge is -2.24. The molecule has 13 nitrogen and oxygen atoms in total. The van der Waals surface area contributed by atoms with E-state index in [2.05, 4.69) is 51.9 Å². The number of hydrogen-bond acceptors (Lipinski definition) is 9. The van der Waals surface area contributed by atoms with Crippen molar-refractivity contribution in [2.75, 3.05) is 51.2 Å². The molecule has 14 heteroatoms. The third-order valence-corrected chi connectivity index (χ3v) is 12.8. The SMILES string of the molecule is Cc1cc(C)n(-c2cc(CCCCCC(=O)NCCCCCC(=O)N3C[C@H](O)C[C@H]3COI)cc([C@H](CC(=O)O)CN3CC[C@@H](CCc4ccc5c(n4)NCCC5)C3)c2)n1. The highest BCUT2D eigenvalue weighted by molar-refractivity contribution is 14.1. The van der Waals surface area contributed by atoms with E-state index in [-0.39, 0.29) is 30.2 Å². The average molecular weight is 940 g/mol. The normalized spacial score (nSPS) is 19.6. The molecule has 0 aliphatic carbocycles. The number of anilines is 1. The van der Waals surface area contributed by atoms with Crippen molar-refractivity contribution in [2.24, 2.45) is 5.92 Å². The van der Waals surface area contributed by atoms with Crippen LogP contribution in [0.1, 0.15) is 123 Å². The van der Waals surface area contributed by atoms with Crippen LogP contribution < -0.4 is 10.6 Å². The number of nitrogens with zero attached hydrogens (tertiary/aromatic N) is 5. The van der Waals surface area contributed by atoms with Gasteiger partial charge in [0.05, 0.1) is 36.6 Å². The monoisotopic (exact) mass is 939 g/mol. The molecule has 3 aliphatic rings. The third kappa shape index (κ3) is 13.7. The molecule has 4 atom stereocenters. The summed E-state index contributed by atoms with van der Waals surface area (Å²) in [7, 11) is 0. The molecule has 0 saturated carbocycles. The van der Waals surface area contributed by atoms with E-state index in [1.165, 1.54) is 5.56 Å². The number of aliphatic carboxylic acids is 1. The quantitative estimate of drug-likeness (QED) is 0.0584. The van der Waals surface area contributed by atoms with Crippen LogP contribution in [-0.2, 0) is 36.7 Å². The highest BCUT2D eigenvalue weighted by Gasteiger charge is 2.34. The minimum atomic E-state index is -0.787. The largest absolute Gasteiger partial charge is 0.481 e. The summed E-state index contributed by atoms with van der Waals surface area (Å²) < 4.78 is 7.16. The lowest BCUT2D eigenvalue weighted by Crippen LogP contribution is -2.38. The Labute approximate surface area is 370 Å². The molecule has 2 fully saturated rings. The highest BCUT2D eigenvalue weighted by atomic mass is 127. The maximum atomic E-state index is 12.7. The van der Waals surface area contributed by atoms with Crippen LogP contribution in [-0.4, -0.2) is 111 Å². The summed E-state index contributed by atoms with van der Waals surface area (Å²) in [6.45, 7) is 9.08. The first-order valence-electron chi connectivity index (χ1n) is 22.4. The topological polar surface area (TPSA) is 162 Å². The van der Waals surface area contributed by atoms with Gasteiger partial charge in [0.2, 0.25) is 11.8 Å². The predicted octanol–water partition coefficient (Wildman–Crippen LogP) is 6.86. The molecule has 60 heavy (non-hydrogen) atoms. The summed E-state index contributed by atoms with van der Waals surface area (Å²) in [6, 6.07) is 13.0. The van der Waals surface area contributed by atoms with E-state index in [0.29, 0.717) is 51.4 Å². The van der Waals surface area contributed by atoms with E-state index in [4.69, 9.17) is 13.1 Å². The fourth-order valence-electron chi connectivity index (χ4n) is 9.33. The molecule has 2 aromatic heterocycles.